The van der Waals surface area contributed by atoms with E-state index in [4.69, 9.17) is 0 Å². The third kappa shape index (κ3) is 2.73. The lowest BCUT2D eigenvalue weighted by Gasteiger charge is -2.39. The van der Waals surface area contributed by atoms with E-state index in [2.05, 4.69) is 31.0 Å². The van der Waals surface area contributed by atoms with Crippen LogP contribution in [0.1, 0.15) is 46.5 Å². The van der Waals surface area contributed by atoms with Crippen LogP contribution in [0.2, 0.25) is 0 Å². The van der Waals surface area contributed by atoms with Crippen molar-refractivity contribution in [1.29, 1.82) is 0 Å². The summed E-state index contributed by atoms with van der Waals surface area (Å²) in [6.45, 7) is 10.8. The van der Waals surface area contributed by atoms with Crippen LogP contribution in [0.3, 0.4) is 0 Å². The van der Waals surface area contributed by atoms with Gasteiger partial charge in [0.1, 0.15) is 0 Å². The van der Waals surface area contributed by atoms with Crippen LogP contribution < -0.4 is 5.32 Å². The zero-order valence-electron chi connectivity index (χ0n) is 10.6. The number of piperazine rings is 1. The minimum Gasteiger partial charge on any atom is -0.311 e. The van der Waals surface area contributed by atoms with Gasteiger partial charge in [-0.25, -0.2) is 0 Å². The predicted molar refractivity (Wildman–Crippen MR) is 65.1 cm³/mol. The second kappa shape index (κ2) is 4.42. The van der Waals surface area contributed by atoms with Crippen LogP contribution in [0.15, 0.2) is 0 Å². The number of nitrogens with one attached hydrogen (secondary N) is 1. The van der Waals surface area contributed by atoms with Crippen molar-refractivity contribution < 1.29 is 0 Å². The van der Waals surface area contributed by atoms with Crippen molar-refractivity contribution in [2.75, 3.05) is 19.6 Å². The Kier molecular flexibility index (Phi) is 3.36. The summed E-state index contributed by atoms with van der Waals surface area (Å²) in [7, 11) is 0. The van der Waals surface area contributed by atoms with Crippen LogP contribution in [-0.2, 0) is 0 Å². The number of hydrogen-bond acceptors (Lipinski definition) is 2. The van der Waals surface area contributed by atoms with Crippen molar-refractivity contribution in [3.63, 3.8) is 0 Å². The van der Waals surface area contributed by atoms with E-state index in [1.54, 1.807) is 0 Å². The highest BCUT2D eigenvalue weighted by Crippen LogP contribution is 2.50. The van der Waals surface area contributed by atoms with Crippen LogP contribution in [0.4, 0.5) is 0 Å². The van der Waals surface area contributed by atoms with Gasteiger partial charge in [0.05, 0.1) is 0 Å². The average molecular weight is 210 g/mol. The van der Waals surface area contributed by atoms with Crippen molar-refractivity contribution in [2.45, 2.75) is 58.5 Å². The lowest BCUT2D eigenvalue weighted by molar-refractivity contribution is 0.115. The first-order valence-corrected chi connectivity index (χ1v) is 6.63. The molecule has 0 bridgehead atoms. The van der Waals surface area contributed by atoms with E-state index in [0.717, 1.165) is 11.5 Å². The number of hydrogen-bond donors (Lipinski definition) is 1. The van der Waals surface area contributed by atoms with Gasteiger partial charge in [0.25, 0.3) is 0 Å². The van der Waals surface area contributed by atoms with Crippen molar-refractivity contribution in [3.8, 4) is 0 Å². The topological polar surface area (TPSA) is 15.3 Å². The lowest BCUT2D eigenvalue weighted by atomic mass is 9.98. The quantitative estimate of drug-likeness (QED) is 0.765. The molecule has 88 valence electrons. The predicted octanol–water partition coefficient (Wildman–Crippen LogP) is 2.25. The highest BCUT2D eigenvalue weighted by Gasteiger charge is 2.43. The molecule has 0 spiro atoms. The molecule has 1 heterocycles. The fourth-order valence-corrected chi connectivity index (χ4v) is 2.94. The first-order chi connectivity index (χ1) is 7.15. The van der Waals surface area contributed by atoms with Gasteiger partial charge in [-0.15, -0.1) is 0 Å². The minimum absolute atomic E-state index is 0.679. The molecule has 0 aromatic rings. The van der Waals surface area contributed by atoms with E-state index < -0.39 is 0 Å². The van der Waals surface area contributed by atoms with Crippen molar-refractivity contribution >= 4 is 0 Å². The normalized spacial score (nSPS) is 35.4. The van der Waals surface area contributed by atoms with E-state index in [1.807, 2.05) is 0 Å². The molecule has 1 aliphatic carbocycles. The lowest BCUT2D eigenvalue weighted by Crippen LogP contribution is -2.55. The zero-order valence-corrected chi connectivity index (χ0v) is 10.6. The molecule has 2 atom stereocenters. The summed E-state index contributed by atoms with van der Waals surface area (Å²) in [5.41, 5.74) is 0.722. The average Bonchev–Trinajstić information content (AvgIpc) is 2.92. The molecular weight excluding hydrogens is 184 g/mol. The number of rotatable bonds is 4. The summed E-state index contributed by atoms with van der Waals surface area (Å²) in [6, 6.07) is 1.41. The summed E-state index contributed by atoms with van der Waals surface area (Å²) < 4.78 is 0. The Morgan fingerprint density at radius 3 is 2.67 bits per heavy atom. The third-order valence-corrected chi connectivity index (χ3v) is 4.17. The first kappa shape index (κ1) is 11.4. The van der Waals surface area contributed by atoms with Crippen molar-refractivity contribution in [3.05, 3.63) is 0 Å². The molecule has 0 aromatic carbocycles. The van der Waals surface area contributed by atoms with E-state index >= 15 is 0 Å². The molecule has 2 heteroatoms. The molecule has 2 fully saturated rings. The van der Waals surface area contributed by atoms with Gasteiger partial charge in [-0.2, -0.15) is 0 Å². The maximum atomic E-state index is 3.56. The minimum atomic E-state index is 0.679. The van der Waals surface area contributed by atoms with Crippen LogP contribution in [0, 0.1) is 5.41 Å². The maximum Gasteiger partial charge on any atom is 0.0193 e. The fraction of sp³-hybridized carbons (Fsp3) is 1.00. The van der Waals surface area contributed by atoms with Gasteiger partial charge in [0, 0.05) is 31.7 Å². The molecule has 1 aliphatic heterocycles. The Labute approximate surface area is 94.4 Å². The van der Waals surface area contributed by atoms with E-state index in [-0.39, 0.29) is 0 Å². The van der Waals surface area contributed by atoms with Gasteiger partial charge < -0.3 is 5.32 Å². The summed E-state index contributed by atoms with van der Waals surface area (Å²) in [5, 5.41) is 3.56. The molecule has 1 saturated carbocycles. The Bertz CT molecular complexity index is 211. The summed E-state index contributed by atoms with van der Waals surface area (Å²) in [5.74, 6) is 0. The molecule has 2 unspecified atom stereocenters. The first-order valence-electron chi connectivity index (χ1n) is 6.63. The largest absolute Gasteiger partial charge is 0.311 e. The van der Waals surface area contributed by atoms with Gasteiger partial charge in [-0.1, -0.05) is 13.3 Å². The second-order valence-corrected chi connectivity index (χ2v) is 5.84. The smallest absolute Gasteiger partial charge is 0.0193 e. The molecule has 1 saturated heterocycles. The third-order valence-electron chi connectivity index (χ3n) is 4.17. The van der Waals surface area contributed by atoms with Crippen molar-refractivity contribution in [2.24, 2.45) is 5.41 Å². The SMILES string of the molecule is CCCC1(CN2CC(C)NCC2C)CC1. The van der Waals surface area contributed by atoms with E-state index in [9.17, 15) is 0 Å². The zero-order chi connectivity index (χ0) is 10.9. The molecule has 0 aromatic heterocycles. The van der Waals surface area contributed by atoms with Gasteiger partial charge in [-0.3, -0.25) is 4.90 Å². The highest BCUT2D eigenvalue weighted by molar-refractivity contribution is 4.97. The van der Waals surface area contributed by atoms with E-state index in [1.165, 1.54) is 45.3 Å². The van der Waals surface area contributed by atoms with Crippen LogP contribution in [0.5, 0.6) is 0 Å². The maximum absolute atomic E-state index is 3.56. The van der Waals surface area contributed by atoms with Gasteiger partial charge in [0.15, 0.2) is 0 Å². The second-order valence-electron chi connectivity index (χ2n) is 5.84. The molecule has 1 N–H and O–H groups in total. The van der Waals surface area contributed by atoms with Crippen LogP contribution in [0.25, 0.3) is 0 Å². The standard InChI is InChI=1S/C13H26N2/c1-4-5-13(6-7-13)10-15-9-11(2)14-8-12(15)3/h11-12,14H,4-10H2,1-3H3. The Morgan fingerprint density at radius 1 is 1.33 bits per heavy atom. The molecule has 2 aliphatic rings. The van der Waals surface area contributed by atoms with Crippen LogP contribution >= 0.6 is 0 Å². The highest BCUT2D eigenvalue weighted by atomic mass is 15.2. The van der Waals surface area contributed by atoms with Gasteiger partial charge >= 0.3 is 0 Å². The number of nitrogens with zero attached hydrogens (tertiary/aromatic N) is 1. The summed E-state index contributed by atoms with van der Waals surface area (Å²) in [6.07, 6.45) is 5.76. The van der Waals surface area contributed by atoms with Crippen LogP contribution in [-0.4, -0.2) is 36.6 Å². The van der Waals surface area contributed by atoms with Gasteiger partial charge in [-0.05, 0) is 38.5 Å². The Balaban J connectivity index is 1.87. The molecule has 2 rings (SSSR count). The van der Waals surface area contributed by atoms with Gasteiger partial charge in [0.2, 0.25) is 0 Å². The summed E-state index contributed by atoms with van der Waals surface area (Å²) >= 11 is 0. The molecular formula is C13H26N2. The van der Waals surface area contributed by atoms with E-state index in [0.29, 0.717) is 6.04 Å². The fourth-order valence-electron chi connectivity index (χ4n) is 2.94. The Morgan fingerprint density at radius 2 is 2.07 bits per heavy atom. The monoisotopic (exact) mass is 210 g/mol. The Hall–Kier alpha value is -0.0800. The molecule has 0 radical (unpaired) electrons. The molecule has 2 nitrogen and oxygen atoms in total. The molecule has 15 heavy (non-hydrogen) atoms. The summed E-state index contributed by atoms with van der Waals surface area (Å²) in [4.78, 5) is 2.71. The van der Waals surface area contributed by atoms with Crippen molar-refractivity contribution in [1.82, 2.24) is 10.2 Å². The molecule has 0 amide bonds.